The van der Waals surface area contributed by atoms with Crippen LogP contribution >= 0.6 is 0 Å². The zero-order valence-corrected chi connectivity index (χ0v) is 8.01. The van der Waals surface area contributed by atoms with E-state index in [9.17, 15) is 9.59 Å². The molecule has 0 saturated heterocycles. The average molecular weight is 197 g/mol. The van der Waals surface area contributed by atoms with Crippen molar-refractivity contribution in [2.45, 2.75) is 37.6 Å². The number of rotatable bonds is 2. The Labute approximate surface area is 82.4 Å². The number of amides is 2. The molecule has 2 rings (SSSR count). The Morgan fingerprint density at radius 1 is 1.21 bits per heavy atom. The van der Waals surface area contributed by atoms with Gasteiger partial charge in [-0.05, 0) is 31.6 Å². The first-order valence-corrected chi connectivity index (χ1v) is 5.01. The molecule has 0 aromatic heterocycles. The van der Waals surface area contributed by atoms with E-state index < -0.39 is 11.8 Å². The lowest BCUT2D eigenvalue weighted by Gasteiger charge is -2.34. The second kappa shape index (κ2) is 3.24. The third-order valence-electron chi connectivity index (χ3n) is 3.38. The minimum Gasteiger partial charge on any atom is -0.342 e. The standard InChI is InChI=1S/C9H15N3O2/c10-12-8(14)7(13)11-9(4-5-9)6-2-1-3-6/h6H,1-5,10H2,(H,11,13)(H,12,14). The maximum absolute atomic E-state index is 11.3. The largest absolute Gasteiger partial charge is 0.342 e. The van der Waals surface area contributed by atoms with Crippen molar-refractivity contribution in [2.24, 2.45) is 11.8 Å². The van der Waals surface area contributed by atoms with E-state index >= 15 is 0 Å². The zero-order chi connectivity index (χ0) is 10.2. The van der Waals surface area contributed by atoms with Crippen LogP contribution in [0.2, 0.25) is 0 Å². The highest BCUT2D eigenvalue weighted by molar-refractivity contribution is 6.35. The van der Waals surface area contributed by atoms with Crippen molar-refractivity contribution >= 4 is 11.8 Å². The fourth-order valence-corrected chi connectivity index (χ4v) is 2.08. The third-order valence-corrected chi connectivity index (χ3v) is 3.38. The van der Waals surface area contributed by atoms with Gasteiger partial charge in [0.25, 0.3) is 0 Å². The van der Waals surface area contributed by atoms with E-state index in [1.165, 1.54) is 19.3 Å². The Kier molecular flexibility index (Phi) is 2.19. The Balaban J connectivity index is 1.90. The molecule has 0 heterocycles. The molecule has 0 aromatic carbocycles. The van der Waals surface area contributed by atoms with Crippen LogP contribution < -0.4 is 16.6 Å². The monoisotopic (exact) mass is 197 g/mol. The van der Waals surface area contributed by atoms with Crippen molar-refractivity contribution in [3.63, 3.8) is 0 Å². The van der Waals surface area contributed by atoms with Crippen LogP contribution in [-0.4, -0.2) is 17.4 Å². The lowest BCUT2D eigenvalue weighted by molar-refractivity contribution is -0.140. The number of hydrogen-bond acceptors (Lipinski definition) is 3. The summed E-state index contributed by atoms with van der Waals surface area (Å²) in [6.07, 6.45) is 5.59. The smallest absolute Gasteiger partial charge is 0.323 e. The van der Waals surface area contributed by atoms with Gasteiger partial charge in [0.05, 0.1) is 0 Å². The Morgan fingerprint density at radius 3 is 2.21 bits per heavy atom. The molecule has 0 radical (unpaired) electrons. The maximum atomic E-state index is 11.3. The van der Waals surface area contributed by atoms with E-state index in [0.29, 0.717) is 5.92 Å². The second-order valence-corrected chi connectivity index (χ2v) is 4.21. The number of nitrogens with one attached hydrogen (secondary N) is 2. The summed E-state index contributed by atoms with van der Waals surface area (Å²) in [6, 6.07) is 0. The van der Waals surface area contributed by atoms with Gasteiger partial charge in [-0.2, -0.15) is 0 Å². The van der Waals surface area contributed by atoms with Crippen LogP contribution in [0.3, 0.4) is 0 Å². The lowest BCUT2D eigenvalue weighted by atomic mass is 9.78. The summed E-state index contributed by atoms with van der Waals surface area (Å²) in [5.74, 6) is 4.10. The summed E-state index contributed by atoms with van der Waals surface area (Å²) >= 11 is 0. The molecule has 78 valence electrons. The Bertz CT molecular complexity index is 269. The van der Waals surface area contributed by atoms with Crippen molar-refractivity contribution in [3.8, 4) is 0 Å². The molecule has 0 bridgehead atoms. The van der Waals surface area contributed by atoms with Crippen LogP contribution in [0.15, 0.2) is 0 Å². The molecule has 2 fully saturated rings. The second-order valence-electron chi connectivity index (χ2n) is 4.21. The summed E-state index contributed by atoms with van der Waals surface area (Å²) in [6.45, 7) is 0. The Morgan fingerprint density at radius 2 is 1.86 bits per heavy atom. The van der Waals surface area contributed by atoms with Crippen LogP contribution in [-0.2, 0) is 9.59 Å². The molecule has 2 amide bonds. The summed E-state index contributed by atoms with van der Waals surface area (Å²) in [4.78, 5) is 22.2. The van der Waals surface area contributed by atoms with E-state index in [1.807, 2.05) is 5.43 Å². The van der Waals surface area contributed by atoms with Gasteiger partial charge in [-0.25, -0.2) is 5.84 Å². The molecule has 2 aliphatic carbocycles. The van der Waals surface area contributed by atoms with Gasteiger partial charge in [0.2, 0.25) is 0 Å². The fourth-order valence-electron chi connectivity index (χ4n) is 2.08. The average Bonchev–Trinajstić information content (AvgIpc) is 2.80. The fraction of sp³-hybridized carbons (Fsp3) is 0.778. The molecular weight excluding hydrogens is 182 g/mol. The predicted octanol–water partition coefficient (Wildman–Crippen LogP) is -0.575. The molecule has 14 heavy (non-hydrogen) atoms. The third kappa shape index (κ3) is 1.48. The van der Waals surface area contributed by atoms with Gasteiger partial charge in [0, 0.05) is 5.54 Å². The van der Waals surface area contributed by atoms with E-state index in [0.717, 1.165) is 12.8 Å². The molecule has 0 aliphatic heterocycles. The predicted molar refractivity (Wildman–Crippen MR) is 49.8 cm³/mol. The molecule has 4 N–H and O–H groups in total. The number of carbonyl (C=O) groups is 2. The van der Waals surface area contributed by atoms with E-state index in [-0.39, 0.29) is 5.54 Å². The van der Waals surface area contributed by atoms with Gasteiger partial charge in [-0.1, -0.05) is 6.42 Å². The Hall–Kier alpha value is -1.10. The molecule has 0 atom stereocenters. The molecular formula is C9H15N3O2. The van der Waals surface area contributed by atoms with Crippen LogP contribution in [0.4, 0.5) is 0 Å². The first-order valence-electron chi connectivity index (χ1n) is 5.01. The van der Waals surface area contributed by atoms with Crippen molar-refractivity contribution in [1.29, 1.82) is 0 Å². The maximum Gasteiger partial charge on any atom is 0.323 e. The van der Waals surface area contributed by atoms with Gasteiger partial charge in [0.1, 0.15) is 0 Å². The van der Waals surface area contributed by atoms with Gasteiger partial charge in [-0.3, -0.25) is 15.0 Å². The summed E-state index contributed by atoms with van der Waals surface area (Å²) < 4.78 is 0. The number of nitrogens with two attached hydrogens (primary N) is 1. The molecule has 5 heteroatoms. The van der Waals surface area contributed by atoms with Crippen molar-refractivity contribution < 1.29 is 9.59 Å². The molecule has 2 saturated carbocycles. The molecule has 2 aliphatic rings. The highest BCUT2D eigenvalue weighted by atomic mass is 16.2. The highest BCUT2D eigenvalue weighted by Crippen LogP contribution is 2.50. The molecule has 0 unspecified atom stereocenters. The van der Waals surface area contributed by atoms with Crippen molar-refractivity contribution in [2.75, 3.05) is 0 Å². The molecule has 5 nitrogen and oxygen atoms in total. The summed E-state index contributed by atoms with van der Waals surface area (Å²) in [5.41, 5.74) is 1.77. The van der Waals surface area contributed by atoms with Gasteiger partial charge in [-0.15, -0.1) is 0 Å². The quantitative estimate of drug-likeness (QED) is 0.240. The van der Waals surface area contributed by atoms with Crippen LogP contribution in [0, 0.1) is 5.92 Å². The van der Waals surface area contributed by atoms with Gasteiger partial charge < -0.3 is 5.32 Å². The van der Waals surface area contributed by atoms with E-state index in [2.05, 4.69) is 5.32 Å². The molecule has 0 aromatic rings. The minimum atomic E-state index is -0.754. The SMILES string of the molecule is NNC(=O)C(=O)NC1(C2CCC2)CC1. The van der Waals surface area contributed by atoms with Crippen LogP contribution in [0.25, 0.3) is 0 Å². The van der Waals surface area contributed by atoms with Gasteiger partial charge >= 0.3 is 11.8 Å². The normalized spacial score (nSPS) is 23.5. The van der Waals surface area contributed by atoms with E-state index in [1.54, 1.807) is 0 Å². The summed E-state index contributed by atoms with van der Waals surface area (Å²) in [7, 11) is 0. The number of hydrogen-bond donors (Lipinski definition) is 3. The van der Waals surface area contributed by atoms with Crippen LogP contribution in [0.1, 0.15) is 32.1 Å². The highest BCUT2D eigenvalue weighted by Gasteiger charge is 2.52. The zero-order valence-electron chi connectivity index (χ0n) is 8.01. The van der Waals surface area contributed by atoms with Gasteiger partial charge in [0.15, 0.2) is 0 Å². The topological polar surface area (TPSA) is 84.2 Å². The first-order chi connectivity index (χ1) is 6.68. The van der Waals surface area contributed by atoms with E-state index in [4.69, 9.17) is 5.84 Å². The molecule has 0 spiro atoms. The number of carbonyl (C=O) groups excluding carboxylic acids is 2. The van der Waals surface area contributed by atoms with Crippen LogP contribution in [0.5, 0.6) is 0 Å². The van der Waals surface area contributed by atoms with Crippen molar-refractivity contribution in [1.82, 2.24) is 10.7 Å². The first kappa shape index (κ1) is 9.45. The number of hydrazine groups is 1. The minimum absolute atomic E-state index is 0.0676. The summed E-state index contributed by atoms with van der Waals surface area (Å²) in [5, 5.41) is 2.79. The van der Waals surface area contributed by atoms with Crippen molar-refractivity contribution in [3.05, 3.63) is 0 Å². The lowest BCUT2D eigenvalue weighted by Crippen LogP contribution is -2.51.